The number of rotatable bonds is 4. The van der Waals surface area contributed by atoms with Crippen LogP contribution in [-0.4, -0.2) is 31.6 Å². The fraction of sp³-hybridized carbons (Fsp3) is 0.368. The lowest BCUT2D eigenvalue weighted by Gasteiger charge is -2.36. The maximum Gasteiger partial charge on any atom is 0.340 e. The van der Waals surface area contributed by atoms with E-state index in [4.69, 9.17) is 4.74 Å². The Kier molecular flexibility index (Phi) is 5.27. The van der Waals surface area contributed by atoms with Gasteiger partial charge in [-0.15, -0.1) is 11.3 Å². The number of carbonyl (C=O) groups excluding carboxylic acids is 2. The van der Waals surface area contributed by atoms with Gasteiger partial charge in [-0.25, -0.2) is 9.18 Å². The van der Waals surface area contributed by atoms with Gasteiger partial charge in [-0.3, -0.25) is 4.79 Å². The molecule has 1 atom stereocenters. The Morgan fingerprint density at radius 2 is 2.15 bits per heavy atom. The first-order chi connectivity index (χ1) is 12.4. The molecule has 1 N–H and O–H groups in total. The molecule has 2 heterocycles. The number of aryl methyl sites for hydroxylation is 2. The van der Waals surface area contributed by atoms with Gasteiger partial charge in [-0.1, -0.05) is 0 Å². The quantitative estimate of drug-likeness (QED) is 0.826. The molecule has 1 aromatic carbocycles. The number of esters is 1. The number of hydrogen-bond acceptors (Lipinski definition) is 5. The van der Waals surface area contributed by atoms with E-state index in [1.165, 1.54) is 30.6 Å². The number of hydrogen-bond donors (Lipinski definition) is 1. The van der Waals surface area contributed by atoms with Gasteiger partial charge < -0.3 is 15.0 Å². The van der Waals surface area contributed by atoms with Crippen LogP contribution in [-0.2, 0) is 16.0 Å². The molecule has 138 valence electrons. The van der Waals surface area contributed by atoms with Gasteiger partial charge >= 0.3 is 5.97 Å². The molecule has 5 nitrogen and oxygen atoms in total. The van der Waals surface area contributed by atoms with Crippen molar-refractivity contribution in [1.82, 2.24) is 0 Å². The van der Waals surface area contributed by atoms with E-state index in [1.807, 2.05) is 11.8 Å². The molecule has 0 bridgehead atoms. The Morgan fingerprint density at radius 1 is 1.38 bits per heavy atom. The number of nitrogens with one attached hydrogen (secondary N) is 1. The Balaban J connectivity index is 1.78. The number of amides is 1. The van der Waals surface area contributed by atoms with Gasteiger partial charge in [0.05, 0.1) is 19.2 Å². The van der Waals surface area contributed by atoms with E-state index in [1.54, 1.807) is 12.1 Å². The minimum atomic E-state index is -0.475. The van der Waals surface area contributed by atoms with Crippen LogP contribution in [0.2, 0.25) is 0 Å². The summed E-state index contributed by atoms with van der Waals surface area (Å²) < 4.78 is 18.3. The molecule has 1 unspecified atom stereocenters. The minimum Gasteiger partial charge on any atom is -0.465 e. The summed E-state index contributed by atoms with van der Waals surface area (Å²) in [5.74, 6) is -0.961. The molecule has 0 radical (unpaired) electrons. The number of nitrogens with zero attached hydrogens (tertiary/aromatic N) is 1. The molecule has 0 saturated carbocycles. The first-order valence-corrected chi connectivity index (χ1v) is 9.24. The maximum atomic E-state index is 13.5. The number of thiophene rings is 1. The molecule has 3 rings (SSSR count). The average molecular weight is 376 g/mol. The molecule has 1 aromatic heterocycles. The summed E-state index contributed by atoms with van der Waals surface area (Å²) >= 11 is 1.34. The van der Waals surface area contributed by atoms with Crippen LogP contribution in [0.5, 0.6) is 0 Å². The number of fused-ring (bicyclic) bond motifs is 1. The molecule has 0 aliphatic carbocycles. The highest BCUT2D eigenvalue weighted by molar-refractivity contribution is 7.16. The van der Waals surface area contributed by atoms with Gasteiger partial charge in [0.2, 0.25) is 5.91 Å². The van der Waals surface area contributed by atoms with Crippen LogP contribution in [0.1, 0.15) is 34.1 Å². The second kappa shape index (κ2) is 7.45. The second-order valence-corrected chi connectivity index (χ2v) is 7.68. The first-order valence-electron chi connectivity index (χ1n) is 8.42. The van der Waals surface area contributed by atoms with E-state index in [2.05, 4.69) is 12.2 Å². The first kappa shape index (κ1) is 18.4. The van der Waals surface area contributed by atoms with Crippen molar-refractivity contribution in [3.8, 4) is 0 Å². The number of carbonyl (C=O) groups is 2. The molecular formula is C19H21FN2O3S. The van der Waals surface area contributed by atoms with E-state index in [0.717, 1.165) is 29.0 Å². The highest BCUT2D eigenvalue weighted by atomic mass is 32.1. The highest BCUT2D eigenvalue weighted by Crippen LogP contribution is 2.32. The topological polar surface area (TPSA) is 58.6 Å². The molecule has 0 saturated heterocycles. The molecule has 0 spiro atoms. The zero-order chi connectivity index (χ0) is 18.8. The summed E-state index contributed by atoms with van der Waals surface area (Å²) in [6.45, 7) is 4.05. The smallest absolute Gasteiger partial charge is 0.340 e. The highest BCUT2D eigenvalue weighted by Gasteiger charge is 2.26. The lowest BCUT2D eigenvalue weighted by molar-refractivity contribution is -0.115. The Labute approximate surface area is 155 Å². The van der Waals surface area contributed by atoms with Crippen molar-refractivity contribution < 1.29 is 18.7 Å². The summed E-state index contributed by atoms with van der Waals surface area (Å²) in [7, 11) is 1.31. The van der Waals surface area contributed by atoms with E-state index < -0.39 is 5.97 Å². The van der Waals surface area contributed by atoms with Crippen LogP contribution in [0.3, 0.4) is 0 Å². The maximum absolute atomic E-state index is 13.5. The Hall–Kier alpha value is -2.41. The number of benzene rings is 1. The van der Waals surface area contributed by atoms with Crippen molar-refractivity contribution in [1.29, 1.82) is 0 Å². The van der Waals surface area contributed by atoms with Gasteiger partial charge in [0, 0.05) is 16.6 Å². The third-order valence-corrected chi connectivity index (χ3v) is 5.51. The third kappa shape index (κ3) is 3.72. The molecule has 1 amide bonds. The molecule has 1 aliphatic heterocycles. The lowest BCUT2D eigenvalue weighted by atomic mass is 9.96. The zero-order valence-electron chi connectivity index (χ0n) is 15.0. The van der Waals surface area contributed by atoms with Gasteiger partial charge in [-0.05, 0) is 56.5 Å². The normalized spacial score (nSPS) is 16.2. The van der Waals surface area contributed by atoms with Crippen molar-refractivity contribution in [2.45, 2.75) is 32.7 Å². The third-order valence-electron chi connectivity index (χ3n) is 4.54. The summed E-state index contributed by atoms with van der Waals surface area (Å²) in [4.78, 5) is 27.3. The van der Waals surface area contributed by atoms with Crippen LogP contribution in [0.4, 0.5) is 15.1 Å². The van der Waals surface area contributed by atoms with Gasteiger partial charge in [0.1, 0.15) is 10.8 Å². The summed E-state index contributed by atoms with van der Waals surface area (Å²) in [6, 6.07) is 6.55. The van der Waals surface area contributed by atoms with Crippen LogP contribution in [0, 0.1) is 12.7 Å². The standard InChI is InChI=1S/C19H21FN2O3S/c1-11-4-5-13-9-14(20)6-7-16(13)22(11)10-17(23)21-18-15(19(24)25-3)8-12(2)26-18/h6-9,11H,4-5,10H2,1-3H3,(H,21,23). The number of anilines is 2. The fourth-order valence-electron chi connectivity index (χ4n) is 3.22. The van der Waals surface area contributed by atoms with Crippen molar-refractivity contribution in [3.05, 3.63) is 46.1 Å². The summed E-state index contributed by atoms with van der Waals surface area (Å²) in [5.41, 5.74) is 2.16. The van der Waals surface area contributed by atoms with Crippen LogP contribution >= 0.6 is 11.3 Å². The molecule has 2 aromatic rings. The SMILES string of the molecule is COC(=O)c1cc(C)sc1NC(=O)CN1c2ccc(F)cc2CCC1C. The van der Waals surface area contributed by atoms with Crippen LogP contribution in [0.15, 0.2) is 24.3 Å². The lowest BCUT2D eigenvalue weighted by Crippen LogP contribution is -2.42. The van der Waals surface area contributed by atoms with Crippen LogP contribution in [0.25, 0.3) is 0 Å². The van der Waals surface area contributed by atoms with E-state index in [9.17, 15) is 14.0 Å². The summed E-state index contributed by atoms with van der Waals surface area (Å²) in [5, 5.41) is 3.31. The zero-order valence-corrected chi connectivity index (χ0v) is 15.8. The Bertz CT molecular complexity index is 849. The van der Waals surface area contributed by atoms with Crippen molar-refractivity contribution >= 4 is 33.9 Å². The largest absolute Gasteiger partial charge is 0.465 e. The van der Waals surface area contributed by atoms with E-state index in [0.29, 0.717) is 10.6 Å². The monoisotopic (exact) mass is 376 g/mol. The molecule has 7 heteroatoms. The average Bonchev–Trinajstić information content (AvgIpc) is 2.97. The number of ether oxygens (including phenoxy) is 1. The fourth-order valence-corrected chi connectivity index (χ4v) is 4.14. The predicted octanol–water partition coefficient (Wildman–Crippen LogP) is 3.76. The van der Waals surface area contributed by atoms with Crippen molar-refractivity contribution in [3.63, 3.8) is 0 Å². The predicted molar refractivity (Wildman–Crippen MR) is 101 cm³/mol. The molecule has 1 aliphatic rings. The van der Waals surface area contributed by atoms with Crippen molar-refractivity contribution in [2.24, 2.45) is 0 Å². The second-order valence-electron chi connectivity index (χ2n) is 6.43. The number of methoxy groups -OCH3 is 1. The molecular weight excluding hydrogens is 355 g/mol. The van der Waals surface area contributed by atoms with E-state index in [-0.39, 0.29) is 24.3 Å². The van der Waals surface area contributed by atoms with Crippen LogP contribution < -0.4 is 10.2 Å². The molecule has 26 heavy (non-hydrogen) atoms. The molecule has 0 fully saturated rings. The number of halogens is 1. The summed E-state index contributed by atoms with van der Waals surface area (Å²) in [6.07, 6.45) is 1.65. The van der Waals surface area contributed by atoms with Crippen molar-refractivity contribution in [2.75, 3.05) is 23.9 Å². The van der Waals surface area contributed by atoms with Gasteiger partial charge in [0.25, 0.3) is 0 Å². The van der Waals surface area contributed by atoms with E-state index >= 15 is 0 Å². The minimum absolute atomic E-state index is 0.136. The Morgan fingerprint density at radius 3 is 2.88 bits per heavy atom. The van der Waals surface area contributed by atoms with Gasteiger partial charge in [0.15, 0.2) is 0 Å². The van der Waals surface area contributed by atoms with Gasteiger partial charge in [-0.2, -0.15) is 0 Å².